The Hall–Kier alpha value is -0.720. The first kappa shape index (κ1) is 15.7. The maximum absolute atomic E-state index is 4.21. The molecule has 0 saturated carbocycles. The Kier molecular flexibility index (Phi) is 6.69. The molecule has 0 amide bonds. The van der Waals surface area contributed by atoms with Crippen molar-refractivity contribution in [1.29, 1.82) is 0 Å². The molecule has 0 aliphatic heterocycles. The van der Waals surface area contributed by atoms with E-state index < -0.39 is 0 Å². The van der Waals surface area contributed by atoms with Crippen molar-refractivity contribution in [1.82, 2.24) is 10.2 Å². The van der Waals surface area contributed by atoms with Gasteiger partial charge in [-0.2, -0.15) is 0 Å². The molecule has 0 bridgehead atoms. The van der Waals surface area contributed by atoms with Crippen LogP contribution in [0.1, 0.15) is 25.3 Å². The fourth-order valence-corrected chi connectivity index (χ4v) is 3.72. The Morgan fingerprint density at radius 1 is 1.20 bits per heavy atom. The van der Waals surface area contributed by atoms with Gasteiger partial charge in [0.25, 0.3) is 0 Å². The summed E-state index contributed by atoms with van der Waals surface area (Å²) in [4.78, 5) is 1.30. The van der Waals surface area contributed by atoms with Crippen molar-refractivity contribution in [2.75, 3.05) is 18.1 Å². The summed E-state index contributed by atoms with van der Waals surface area (Å²) in [6.45, 7) is 3.16. The molecule has 0 fully saturated rings. The van der Waals surface area contributed by atoms with Gasteiger partial charge in [-0.3, -0.25) is 0 Å². The van der Waals surface area contributed by atoms with Crippen LogP contribution in [0.4, 0.5) is 5.13 Å². The zero-order valence-corrected chi connectivity index (χ0v) is 14.2. The highest BCUT2D eigenvalue weighted by Crippen LogP contribution is 2.28. The molecule has 0 saturated heterocycles. The zero-order valence-electron chi connectivity index (χ0n) is 11.8. The van der Waals surface area contributed by atoms with Crippen LogP contribution in [0.3, 0.4) is 0 Å². The van der Waals surface area contributed by atoms with Crippen LogP contribution in [0.25, 0.3) is 0 Å². The lowest BCUT2D eigenvalue weighted by Gasteiger charge is -2.00. The predicted octanol–water partition coefficient (Wildman–Crippen LogP) is 4.76. The molecule has 1 heterocycles. The number of unbranched alkanes of at least 4 members (excludes halogenated alkanes) is 1. The predicted molar refractivity (Wildman–Crippen MR) is 91.1 cm³/mol. The Morgan fingerprint density at radius 2 is 2.00 bits per heavy atom. The number of nitrogens with zero attached hydrogens (tertiary/aromatic N) is 2. The van der Waals surface area contributed by atoms with Gasteiger partial charge in [0.05, 0.1) is 0 Å². The van der Waals surface area contributed by atoms with Crippen LogP contribution in [0.5, 0.6) is 0 Å². The summed E-state index contributed by atoms with van der Waals surface area (Å²) in [6, 6.07) is 8.69. The van der Waals surface area contributed by atoms with Gasteiger partial charge in [-0.15, -0.1) is 22.0 Å². The average Bonchev–Trinajstić information content (AvgIpc) is 2.94. The van der Waals surface area contributed by atoms with E-state index in [-0.39, 0.29) is 0 Å². The first-order chi connectivity index (χ1) is 9.81. The van der Waals surface area contributed by atoms with Crippen LogP contribution in [0.2, 0.25) is 0 Å². The topological polar surface area (TPSA) is 37.8 Å². The van der Waals surface area contributed by atoms with Crippen molar-refractivity contribution in [3.05, 3.63) is 29.8 Å². The van der Waals surface area contributed by atoms with Crippen LogP contribution in [-0.2, 0) is 5.75 Å². The van der Waals surface area contributed by atoms with Crippen molar-refractivity contribution >= 4 is 40.0 Å². The number of benzene rings is 1. The monoisotopic (exact) mass is 325 g/mol. The fraction of sp³-hybridized carbons (Fsp3) is 0.429. The third-order valence-corrected chi connectivity index (χ3v) is 5.56. The molecule has 0 atom stereocenters. The lowest BCUT2D eigenvalue weighted by atomic mass is 10.2. The number of thioether (sulfide) groups is 2. The molecule has 6 heteroatoms. The summed E-state index contributed by atoms with van der Waals surface area (Å²) >= 11 is 5.15. The molecule has 20 heavy (non-hydrogen) atoms. The lowest BCUT2D eigenvalue weighted by Crippen LogP contribution is -1.99. The molecule has 1 N–H and O–H groups in total. The van der Waals surface area contributed by atoms with Gasteiger partial charge in [0.2, 0.25) is 5.13 Å². The number of nitrogens with one attached hydrogen (secondary N) is 1. The van der Waals surface area contributed by atoms with E-state index in [1.165, 1.54) is 23.3 Å². The van der Waals surface area contributed by atoms with Gasteiger partial charge in [-0.25, -0.2) is 0 Å². The maximum Gasteiger partial charge on any atom is 0.206 e. The average molecular weight is 326 g/mol. The summed E-state index contributed by atoms with van der Waals surface area (Å²) in [5.41, 5.74) is 1.32. The molecule has 0 spiro atoms. The van der Waals surface area contributed by atoms with Crippen molar-refractivity contribution in [3.8, 4) is 0 Å². The third-order valence-electron chi connectivity index (χ3n) is 2.73. The minimum Gasteiger partial charge on any atom is -0.360 e. The Morgan fingerprint density at radius 3 is 2.70 bits per heavy atom. The molecule has 3 nitrogen and oxygen atoms in total. The Bertz CT molecular complexity index is 511. The molecule has 108 valence electrons. The normalized spacial score (nSPS) is 10.7. The highest BCUT2D eigenvalue weighted by atomic mass is 32.2. The Labute approximate surface area is 133 Å². The number of rotatable bonds is 8. The molecule has 0 aliphatic rings. The molecule has 1 aromatic heterocycles. The van der Waals surface area contributed by atoms with E-state index in [4.69, 9.17) is 0 Å². The second-order valence-corrected chi connectivity index (χ2v) is 7.37. The number of anilines is 1. The summed E-state index contributed by atoms with van der Waals surface area (Å²) in [7, 11) is 0. The van der Waals surface area contributed by atoms with Crippen LogP contribution < -0.4 is 5.32 Å². The molecule has 0 unspecified atom stereocenters. The van der Waals surface area contributed by atoms with Gasteiger partial charge in [-0.05, 0) is 30.4 Å². The molecule has 2 aromatic rings. The summed E-state index contributed by atoms with van der Waals surface area (Å²) in [6.07, 6.45) is 4.46. The standard InChI is InChI=1S/C14H19N3S3/c1-3-4-9-15-13-16-17-14(20-13)19-10-11-5-7-12(18-2)8-6-11/h5-8H,3-4,9-10H2,1-2H3,(H,15,16). The smallest absolute Gasteiger partial charge is 0.206 e. The van der Waals surface area contributed by atoms with Crippen LogP contribution in [0, 0.1) is 0 Å². The Balaban J connectivity index is 1.81. The zero-order chi connectivity index (χ0) is 14.2. The summed E-state index contributed by atoms with van der Waals surface area (Å²) < 4.78 is 1.03. The van der Waals surface area contributed by atoms with Crippen molar-refractivity contribution < 1.29 is 0 Å². The largest absolute Gasteiger partial charge is 0.360 e. The first-order valence-electron chi connectivity index (χ1n) is 6.65. The van der Waals surface area contributed by atoms with E-state index in [1.807, 2.05) is 0 Å². The highest BCUT2D eigenvalue weighted by Gasteiger charge is 2.04. The van der Waals surface area contributed by atoms with Crippen LogP contribution in [0.15, 0.2) is 33.5 Å². The van der Waals surface area contributed by atoms with E-state index in [9.17, 15) is 0 Å². The maximum atomic E-state index is 4.21. The number of hydrogen-bond acceptors (Lipinski definition) is 6. The summed E-state index contributed by atoms with van der Waals surface area (Å²) in [5.74, 6) is 0.943. The molecule has 0 aliphatic carbocycles. The van der Waals surface area contributed by atoms with Crippen molar-refractivity contribution in [3.63, 3.8) is 0 Å². The SMILES string of the molecule is CCCCNc1nnc(SCc2ccc(SC)cc2)s1. The quantitative estimate of drug-likeness (QED) is 0.559. The molecule has 0 radical (unpaired) electrons. The minimum absolute atomic E-state index is 0.929. The molecular weight excluding hydrogens is 306 g/mol. The van der Waals surface area contributed by atoms with Gasteiger partial charge < -0.3 is 5.32 Å². The van der Waals surface area contributed by atoms with Gasteiger partial charge in [0, 0.05) is 17.2 Å². The van der Waals surface area contributed by atoms with E-state index in [0.717, 1.165) is 21.8 Å². The van der Waals surface area contributed by atoms with Crippen LogP contribution in [-0.4, -0.2) is 23.0 Å². The number of aromatic nitrogens is 2. The third kappa shape index (κ3) is 5.00. The van der Waals surface area contributed by atoms with Gasteiger partial charge in [0.1, 0.15) is 0 Å². The van der Waals surface area contributed by atoms with Crippen molar-refractivity contribution in [2.24, 2.45) is 0 Å². The molecule has 1 aromatic carbocycles. The van der Waals surface area contributed by atoms with E-state index in [1.54, 1.807) is 34.9 Å². The first-order valence-corrected chi connectivity index (χ1v) is 9.67. The van der Waals surface area contributed by atoms with Crippen molar-refractivity contribution in [2.45, 2.75) is 34.8 Å². The van der Waals surface area contributed by atoms with Gasteiger partial charge in [-0.1, -0.05) is 48.6 Å². The van der Waals surface area contributed by atoms with E-state index in [0.29, 0.717) is 0 Å². The molecular formula is C14H19N3S3. The second-order valence-electron chi connectivity index (χ2n) is 4.29. The fourth-order valence-electron chi connectivity index (χ4n) is 1.58. The summed E-state index contributed by atoms with van der Waals surface area (Å²) in [5, 5.41) is 12.6. The highest BCUT2D eigenvalue weighted by molar-refractivity contribution is 8.00. The molecule has 2 rings (SSSR count). The lowest BCUT2D eigenvalue weighted by molar-refractivity contribution is 0.830. The van der Waals surface area contributed by atoms with Gasteiger partial charge in [0.15, 0.2) is 4.34 Å². The van der Waals surface area contributed by atoms with E-state index >= 15 is 0 Å². The van der Waals surface area contributed by atoms with E-state index in [2.05, 4.69) is 53.0 Å². The minimum atomic E-state index is 0.929. The number of hydrogen-bond donors (Lipinski definition) is 1. The van der Waals surface area contributed by atoms with Crippen LogP contribution >= 0.6 is 34.9 Å². The second kappa shape index (κ2) is 8.54. The van der Waals surface area contributed by atoms with Gasteiger partial charge >= 0.3 is 0 Å².